The molecule has 0 aromatic heterocycles. The van der Waals surface area contributed by atoms with Crippen molar-refractivity contribution in [1.29, 1.82) is 0 Å². The Hall–Kier alpha value is -1.55. The number of aliphatic hydroxyl groups is 1. The minimum absolute atomic E-state index is 0.0220. The molecule has 104 valence electrons. The summed E-state index contributed by atoms with van der Waals surface area (Å²) < 4.78 is 5.10. The summed E-state index contributed by atoms with van der Waals surface area (Å²) in [6.07, 6.45) is 1.91. The van der Waals surface area contributed by atoms with E-state index in [-0.39, 0.29) is 18.5 Å². The van der Waals surface area contributed by atoms with E-state index in [4.69, 9.17) is 9.84 Å². The third-order valence-corrected chi connectivity index (χ3v) is 3.53. The zero-order valence-electron chi connectivity index (χ0n) is 11.3. The predicted molar refractivity (Wildman–Crippen MR) is 73.9 cm³/mol. The quantitative estimate of drug-likeness (QED) is 0.844. The van der Waals surface area contributed by atoms with Crippen LogP contribution in [0.1, 0.15) is 25.3 Å². The van der Waals surface area contributed by atoms with E-state index in [2.05, 4.69) is 4.90 Å². The fourth-order valence-corrected chi connectivity index (χ4v) is 2.48. The molecule has 1 aliphatic rings. The highest BCUT2D eigenvalue weighted by atomic mass is 16.5. The van der Waals surface area contributed by atoms with E-state index in [1.165, 1.54) is 0 Å². The molecule has 1 aliphatic heterocycles. The van der Waals surface area contributed by atoms with Crippen molar-refractivity contribution < 1.29 is 14.6 Å². The molecule has 0 radical (unpaired) electrons. The van der Waals surface area contributed by atoms with Crippen LogP contribution in [0.2, 0.25) is 0 Å². The van der Waals surface area contributed by atoms with Gasteiger partial charge in [-0.1, -0.05) is 12.1 Å². The molecule has 1 heterocycles. The number of hydrogen-bond acceptors (Lipinski definition) is 4. The molecule has 4 nitrogen and oxygen atoms in total. The van der Waals surface area contributed by atoms with E-state index in [0.717, 1.165) is 37.2 Å². The van der Waals surface area contributed by atoms with Gasteiger partial charge in [0.25, 0.3) is 0 Å². The van der Waals surface area contributed by atoms with E-state index < -0.39 is 0 Å². The second kappa shape index (κ2) is 6.57. The lowest BCUT2D eigenvalue weighted by Crippen LogP contribution is -2.39. The van der Waals surface area contributed by atoms with Crippen molar-refractivity contribution in [1.82, 2.24) is 0 Å². The molecule has 4 heteroatoms. The number of nitrogens with zero attached hydrogens (tertiary/aromatic N) is 1. The van der Waals surface area contributed by atoms with Gasteiger partial charge in [0.05, 0.1) is 19.1 Å². The van der Waals surface area contributed by atoms with Crippen molar-refractivity contribution in [3.63, 3.8) is 0 Å². The largest absolute Gasteiger partial charge is 0.466 e. The molecule has 2 rings (SSSR count). The fourth-order valence-electron chi connectivity index (χ4n) is 2.48. The van der Waals surface area contributed by atoms with Gasteiger partial charge in [0.2, 0.25) is 0 Å². The highest BCUT2D eigenvalue weighted by Gasteiger charge is 2.26. The molecule has 1 N–H and O–H groups in total. The van der Waals surface area contributed by atoms with E-state index in [9.17, 15) is 4.79 Å². The first-order chi connectivity index (χ1) is 9.24. The Labute approximate surface area is 114 Å². The van der Waals surface area contributed by atoms with Crippen molar-refractivity contribution in [3.05, 3.63) is 29.8 Å². The summed E-state index contributed by atoms with van der Waals surface area (Å²) in [6, 6.07) is 7.84. The van der Waals surface area contributed by atoms with Crippen molar-refractivity contribution in [3.8, 4) is 0 Å². The number of hydrogen-bond donors (Lipinski definition) is 1. The fraction of sp³-hybridized carbons (Fsp3) is 0.533. The average Bonchev–Trinajstić information content (AvgIpc) is 2.48. The van der Waals surface area contributed by atoms with Crippen LogP contribution in [0, 0.1) is 5.92 Å². The summed E-state index contributed by atoms with van der Waals surface area (Å²) in [5.41, 5.74) is 2.01. The van der Waals surface area contributed by atoms with E-state index in [1.54, 1.807) is 0 Å². The minimum Gasteiger partial charge on any atom is -0.466 e. The van der Waals surface area contributed by atoms with Crippen LogP contribution in [-0.2, 0) is 16.1 Å². The lowest BCUT2D eigenvalue weighted by Gasteiger charge is -2.33. The summed E-state index contributed by atoms with van der Waals surface area (Å²) in [5, 5.41) is 9.04. The van der Waals surface area contributed by atoms with Gasteiger partial charge in [0.1, 0.15) is 0 Å². The first-order valence-corrected chi connectivity index (χ1v) is 6.86. The van der Waals surface area contributed by atoms with Gasteiger partial charge < -0.3 is 14.7 Å². The van der Waals surface area contributed by atoms with Gasteiger partial charge in [0, 0.05) is 18.8 Å². The van der Waals surface area contributed by atoms with Crippen LogP contribution in [0.3, 0.4) is 0 Å². The number of piperidine rings is 1. The Kier molecular flexibility index (Phi) is 4.80. The summed E-state index contributed by atoms with van der Waals surface area (Å²) in [6.45, 7) is 4.03. The topological polar surface area (TPSA) is 49.8 Å². The second-order valence-corrected chi connectivity index (χ2v) is 4.86. The molecule has 1 fully saturated rings. The zero-order chi connectivity index (χ0) is 13.7. The van der Waals surface area contributed by atoms with Crippen LogP contribution in [0.25, 0.3) is 0 Å². The van der Waals surface area contributed by atoms with Crippen LogP contribution in [0.5, 0.6) is 0 Å². The lowest BCUT2D eigenvalue weighted by atomic mass is 9.97. The molecule has 1 saturated heterocycles. The molecular formula is C15H21NO3. The first kappa shape index (κ1) is 13.9. The Bertz CT molecular complexity index is 416. The standard InChI is InChI=1S/C15H21NO3/c1-2-19-15(18)13-4-3-9-16(10-13)14-7-5-12(11-17)6-8-14/h5-8,13,17H,2-4,9-11H2,1H3/t13-/m1/s1. The summed E-state index contributed by atoms with van der Waals surface area (Å²) in [4.78, 5) is 14.0. The molecule has 0 aliphatic carbocycles. The summed E-state index contributed by atoms with van der Waals surface area (Å²) in [7, 11) is 0. The maximum Gasteiger partial charge on any atom is 0.310 e. The highest BCUT2D eigenvalue weighted by molar-refractivity contribution is 5.73. The number of benzene rings is 1. The van der Waals surface area contributed by atoms with Gasteiger partial charge in [-0.05, 0) is 37.5 Å². The van der Waals surface area contributed by atoms with E-state index in [1.807, 2.05) is 31.2 Å². The molecule has 0 saturated carbocycles. The monoisotopic (exact) mass is 263 g/mol. The van der Waals surface area contributed by atoms with Gasteiger partial charge in [-0.3, -0.25) is 4.79 Å². The Morgan fingerprint density at radius 1 is 1.42 bits per heavy atom. The number of anilines is 1. The van der Waals surface area contributed by atoms with Crippen molar-refractivity contribution in [2.24, 2.45) is 5.92 Å². The third kappa shape index (κ3) is 3.47. The third-order valence-electron chi connectivity index (χ3n) is 3.53. The molecule has 1 atom stereocenters. The van der Waals surface area contributed by atoms with Crippen molar-refractivity contribution >= 4 is 11.7 Å². The number of aliphatic hydroxyl groups excluding tert-OH is 1. The number of rotatable bonds is 4. The van der Waals surface area contributed by atoms with Gasteiger partial charge >= 0.3 is 5.97 Å². The number of carbonyl (C=O) groups is 1. The maximum atomic E-state index is 11.8. The normalized spacial score (nSPS) is 19.3. The molecule has 0 unspecified atom stereocenters. The smallest absolute Gasteiger partial charge is 0.310 e. The minimum atomic E-state index is -0.0841. The molecule has 0 bridgehead atoms. The predicted octanol–water partition coefficient (Wildman–Crippen LogP) is 1.96. The van der Waals surface area contributed by atoms with Crippen molar-refractivity contribution in [2.45, 2.75) is 26.4 Å². The van der Waals surface area contributed by atoms with Crippen LogP contribution in [-0.4, -0.2) is 30.8 Å². The summed E-state index contributed by atoms with van der Waals surface area (Å²) >= 11 is 0. The van der Waals surface area contributed by atoms with Crippen LogP contribution in [0.15, 0.2) is 24.3 Å². The Morgan fingerprint density at radius 2 is 2.16 bits per heavy atom. The number of esters is 1. The molecule has 1 aromatic rings. The molecule has 0 amide bonds. The molecule has 1 aromatic carbocycles. The van der Waals surface area contributed by atoms with Crippen LogP contribution in [0.4, 0.5) is 5.69 Å². The Balaban J connectivity index is 2.01. The second-order valence-electron chi connectivity index (χ2n) is 4.86. The number of carbonyl (C=O) groups excluding carboxylic acids is 1. The van der Waals surface area contributed by atoms with Crippen molar-refractivity contribution in [2.75, 3.05) is 24.6 Å². The SMILES string of the molecule is CCOC(=O)[C@@H]1CCCN(c2ccc(CO)cc2)C1. The first-order valence-electron chi connectivity index (χ1n) is 6.86. The van der Waals surface area contributed by atoms with Gasteiger partial charge in [-0.2, -0.15) is 0 Å². The average molecular weight is 263 g/mol. The van der Waals surface area contributed by atoms with Crippen LogP contribution < -0.4 is 4.90 Å². The van der Waals surface area contributed by atoms with Gasteiger partial charge in [0.15, 0.2) is 0 Å². The highest BCUT2D eigenvalue weighted by Crippen LogP contribution is 2.24. The van der Waals surface area contributed by atoms with Crippen LogP contribution >= 0.6 is 0 Å². The molecule has 0 spiro atoms. The van der Waals surface area contributed by atoms with Gasteiger partial charge in [-0.25, -0.2) is 0 Å². The maximum absolute atomic E-state index is 11.8. The zero-order valence-corrected chi connectivity index (χ0v) is 11.3. The van der Waals surface area contributed by atoms with Gasteiger partial charge in [-0.15, -0.1) is 0 Å². The van der Waals surface area contributed by atoms with E-state index >= 15 is 0 Å². The molecular weight excluding hydrogens is 242 g/mol. The van der Waals surface area contributed by atoms with E-state index in [0.29, 0.717) is 6.61 Å². The number of ether oxygens (including phenoxy) is 1. The Morgan fingerprint density at radius 3 is 2.79 bits per heavy atom. The summed E-state index contributed by atoms with van der Waals surface area (Å²) in [5.74, 6) is -0.106. The molecule has 19 heavy (non-hydrogen) atoms. The lowest BCUT2D eigenvalue weighted by molar-refractivity contribution is -0.148.